The lowest BCUT2D eigenvalue weighted by molar-refractivity contribution is -0.112. The van der Waals surface area contributed by atoms with Crippen molar-refractivity contribution >= 4 is 28.3 Å². The highest BCUT2D eigenvalue weighted by molar-refractivity contribution is 7.16. The van der Waals surface area contributed by atoms with Gasteiger partial charge < -0.3 is 9.88 Å². The summed E-state index contributed by atoms with van der Waals surface area (Å²) in [7, 11) is 0. The van der Waals surface area contributed by atoms with Crippen LogP contribution >= 0.6 is 11.3 Å². The number of fused-ring (bicyclic) bond motifs is 1. The predicted octanol–water partition coefficient (Wildman–Crippen LogP) is 5.59. The van der Waals surface area contributed by atoms with E-state index in [1.807, 2.05) is 30.6 Å². The summed E-state index contributed by atoms with van der Waals surface area (Å²) in [5.74, 6) is -0.846. The number of halogens is 1. The fourth-order valence-corrected chi connectivity index (χ4v) is 5.40. The van der Waals surface area contributed by atoms with Crippen LogP contribution in [0.1, 0.15) is 45.8 Å². The molecule has 3 aromatic rings. The number of hydrogen-bond donors (Lipinski definition) is 1. The van der Waals surface area contributed by atoms with Crippen molar-refractivity contribution in [2.24, 2.45) is 0 Å². The van der Waals surface area contributed by atoms with Crippen LogP contribution in [-0.2, 0) is 17.6 Å². The summed E-state index contributed by atoms with van der Waals surface area (Å²) in [6.45, 7) is 3.80. The first-order valence-corrected chi connectivity index (χ1v) is 11.2. The van der Waals surface area contributed by atoms with Gasteiger partial charge in [-0.25, -0.2) is 4.39 Å². The normalized spacial score (nSPS) is 13.2. The van der Waals surface area contributed by atoms with Crippen molar-refractivity contribution in [1.82, 2.24) is 4.57 Å². The number of carbonyl (C=O) groups excluding carboxylic acids is 1. The molecule has 32 heavy (non-hydrogen) atoms. The first-order valence-electron chi connectivity index (χ1n) is 10.4. The summed E-state index contributed by atoms with van der Waals surface area (Å²) < 4.78 is 15.2. The van der Waals surface area contributed by atoms with Gasteiger partial charge in [0, 0.05) is 22.0 Å². The van der Waals surface area contributed by atoms with Crippen LogP contribution in [0.25, 0.3) is 11.8 Å². The van der Waals surface area contributed by atoms with Crippen LogP contribution in [0.4, 0.5) is 9.39 Å². The van der Waals surface area contributed by atoms with E-state index in [-0.39, 0.29) is 11.4 Å². The Morgan fingerprint density at radius 1 is 1.19 bits per heavy atom. The van der Waals surface area contributed by atoms with Crippen LogP contribution in [0.5, 0.6) is 0 Å². The molecule has 5 nitrogen and oxygen atoms in total. The molecule has 0 saturated heterocycles. The van der Waals surface area contributed by atoms with E-state index in [2.05, 4.69) is 11.4 Å². The number of benzene rings is 1. The summed E-state index contributed by atoms with van der Waals surface area (Å²) in [6, 6.07) is 12.2. The lowest BCUT2D eigenvalue weighted by Gasteiger charge is -2.09. The van der Waals surface area contributed by atoms with Gasteiger partial charge in [-0.3, -0.25) is 4.79 Å². The number of nitrogens with zero attached hydrogens (tertiary/aromatic N) is 3. The maximum Gasteiger partial charge on any atom is 0.266 e. The fourth-order valence-electron chi connectivity index (χ4n) is 4.17. The van der Waals surface area contributed by atoms with Crippen molar-refractivity contribution in [1.29, 1.82) is 10.5 Å². The SMILES string of the molecule is Cc1cc(/C=C(\C#N)C(=O)Nc2sc3c(c2C#N)CCCC3)c(C)n1-c1ccc(F)cc1. The summed E-state index contributed by atoms with van der Waals surface area (Å²) >= 11 is 1.43. The standard InChI is InChI=1S/C25H21FN4OS/c1-15-11-17(16(2)30(15)20-9-7-19(26)8-10-20)12-18(13-27)24(31)29-25-22(14-28)21-5-3-4-6-23(21)32-25/h7-12H,3-6H2,1-2H3,(H,29,31)/b18-12+. The van der Waals surface area contributed by atoms with Crippen LogP contribution in [-0.4, -0.2) is 10.5 Å². The highest BCUT2D eigenvalue weighted by Crippen LogP contribution is 2.37. The van der Waals surface area contributed by atoms with Crippen LogP contribution < -0.4 is 5.32 Å². The molecule has 4 rings (SSSR count). The van der Waals surface area contributed by atoms with E-state index in [1.54, 1.807) is 18.2 Å². The van der Waals surface area contributed by atoms with E-state index in [4.69, 9.17) is 0 Å². The Morgan fingerprint density at radius 3 is 2.59 bits per heavy atom. The van der Waals surface area contributed by atoms with Gasteiger partial charge in [0.25, 0.3) is 5.91 Å². The number of aromatic nitrogens is 1. The predicted molar refractivity (Wildman–Crippen MR) is 123 cm³/mol. The lowest BCUT2D eigenvalue weighted by Crippen LogP contribution is -2.13. The average Bonchev–Trinajstić information content (AvgIpc) is 3.28. The molecule has 2 heterocycles. The molecule has 2 aromatic heterocycles. The van der Waals surface area contributed by atoms with Gasteiger partial charge >= 0.3 is 0 Å². The molecule has 160 valence electrons. The fraction of sp³-hybridized carbons (Fsp3) is 0.240. The van der Waals surface area contributed by atoms with Crippen LogP contribution in [0.2, 0.25) is 0 Å². The van der Waals surface area contributed by atoms with Crippen molar-refractivity contribution in [2.75, 3.05) is 5.32 Å². The number of thiophene rings is 1. The van der Waals surface area contributed by atoms with Gasteiger partial charge in [0.15, 0.2) is 0 Å². The second-order valence-electron chi connectivity index (χ2n) is 7.79. The van der Waals surface area contributed by atoms with E-state index in [1.165, 1.54) is 23.5 Å². The van der Waals surface area contributed by atoms with Gasteiger partial charge in [-0.1, -0.05) is 0 Å². The van der Waals surface area contributed by atoms with Gasteiger partial charge in [-0.15, -0.1) is 11.3 Å². The Labute approximate surface area is 190 Å². The number of nitrogens with one attached hydrogen (secondary N) is 1. The number of aryl methyl sites for hydroxylation is 2. The van der Waals surface area contributed by atoms with E-state index in [0.29, 0.717) is 10.6 Å². The number of anilines is 1. The molecule has 0 aliphatic heterocycles. The van der Waals surface area contributed by atoms with E-state index >= 15 is 0 Å². The molecule has 1 aromatic carbocycles. The molecule has 0 spiro atoms. The highest BCUT2D eigenvalue weighted by atomic mass is 32.1. The third-order valence-corrected chi connectivity index (χ3v) is 6.94. The van der Waals surface area contributed by atoms with Gasteiger partial charge in [0.05, 0.1) is 5.56 Å². The molecular formula is C25H21FN4OS. The van der Waals surface area contributed by atoms with Gasteiger partial charge in [0.1, 0.15) is 28.5 Å². The monoisotopic (exact) mass is 444 g/mol. The first kappa shape index (κ1) is 21.5. The molecule has 7 heteroatoms. The third kappa shape index (κ3) is 3.95. The van der Waals surface area contributed by atoms with Crippen molar-refractivity contribution in [2.45, 2.75) is 39.5 Å². The topological polar surface area (TPSA) is 81.6 Å². The van der Waals surface area contributed by atoms with Gasteiger partial charge in [0.2, 0.25) is 0 Å². The minimum absolute atomic E-state index is 0.0420. The molecule has 1 N–H and O–H groups in total. The number of nitriles is 2. The molecule has 0 bridgehead atoms. The number of hydrogen-bond acceptors (Lipinski definition) is 4. The summed E-state index contributed by atoms with van der Waals surface area (Å²) in [6.07, 6.45) is 5.44. The summed E-state index contributed by atoms with van der Waals surface area (Å²) in [5.41, 5.74) is 4.76. The molecule has 0 fully saturated rings. The van der Waals surface area contributed by atoms with Crippen LogP contribution in [0.3, 0.4) is 0 Å². The Kier molecular flexibility index (Phi) is 5.94. The van der Waals surface area contributed by atoms with Crippen molar-refractivity contribution in [3.05, 3.63) is 74.7 Å². The second-order valence-corrected chi connectivity index (χ2v) is 8.89. The first-order chi connectivity index (χ1) is 15.4. The summed E-state index contributed by atoms with van der Waals surface area (Å²) in [4.78, 5) is 14.0. The van der Waals surface area contributed by atoms with Gasteiger partial charge in [-0.2, -0.15) is 10.5 Å². The zero-order chi connectivity index (χ0) is 22.8. The maximum atomic E-state index is 13.3. The zero-order valence-corrected chi connectivity index (χ0v) is 18.6. The average molecular weight is 445 g/mol. The minimum Gasteiger partial charge on any atom is -0.318 e. The number of carbonyl (C=O) groups is 1. The van der Waals surface area contributed by atoms with E-state index in [0.717, 1.165) is 58.8 Å². The largest absolute Gasteiger partial charge is 0.318 e. The Balaban J connectivity index is 1.64. The smallest absolute Gasteiger partial charge is 0.266 e. The Bertz CT molecular complexity index is 1320. The molecule has 1 amide bonds. The molecular weight excluding hydrogens is 423 g/mol. The molecule has 0 atom stereocenters. The quantitative estimate of drug-likeness (QED) is 0.421. The van der Waals surface area contributed by atoms with Crippen molar-refractivity contribution < 1.29 is 9.18 Å². The third-order valence-electron chi connectivity index (χ3n) is 5.73. The second kappa shape index (κ2) is 8.82. The van der Waals surface area contributed by atoms with Crippen molar-refractivity contribution in [3.8, 4) is 17.8 Å². The van der Waals surface area contributed by atoms with Crippen molar-refractivity contribution in [3.63, 3.8) is 0 Å². The molecule has 0 saturated carbocycles. The summed E-state index contributed by atoms with van der Waals surface area (Å²) in [5, 5.41) is 22.6. The molecule has 0 radical (unpaired) electrons. The number of amides is 1. The minimum atomic E-state index is -0.533. The maximum absolute atomic E-state index is 13.3. The Morgan fingerprint density at radius 2 is 1.91 bits per heavy atom. The molecule has 1 aliphatic carbocycles. The zero-order valence-electron chi connectivity index (χ0n) is 17.8. The Hall–Kier alpha value is -3.68. The molecule has 0 unspecified atom stereocenters. The van der Waals surface area contributed by atoms with E-state index in [9.17, 15) is 19.7 Å². The highest BCUT2D eigenvalue weighted by Gasteiger charge is 2.23. The number of rotatable bonds is 4. The van der Waals surface area contributed by atoms with Gasteiger partial charge in [-0.05, 0) is 87.1 Å². The lowest BCUT2D eigenvalue weighted by atomic mass is 9.96. The van der Waals surface area contributed by atoms with E-state index < -0.39 is 5.91 Å². The molecule has 1 aliphatic rings. The van der Waals surface area contributed by atoms with Crippen LogP contribution in [0.15, 0.2) is 35.9 Å². The van der Waals surface area contributed by atoms with Crippen LogP contribution in [0, 0.1) is 42.3 Å².